The summed E-state index contributed by atoms with van der Waals surface area (Å²) in [5, 5.41) is 3.61. The first kappa shape index (κ1) is 14.3. The molecule has 0 bridgehead atoms. The first-order valence-electron chi connectivity index (χ1n) is 6.27. The summed E-state index contributed by atoms with van der Waals surface area (Å²) in [6.45, 7) is 2.46. The highest BCUT2D eigenvalue weighted by Gasteiger charge is 2.14. The molecule has 0 aliphatic rings. The van der Waals surface area contributed by atoms with Crippen LogP contribution in [0, 0.1) is 0 Å². The summed E-state index contributed by atoms with van der Waals surface area (Å²) in [6.07, 6.45) is 1.57. The number of nitrogens with one attached hydrogen (secondary N) is 1. The average Bonchev–Trinajstić information content (AvgIpc) is 2.43. The third kappa shape index (κ3) is 2.32. The van der Waals surface area contributed by atoms with Crippen molar-refractivity contribution in [2.45, 2.75) is 13.0 Å². The van der Waals surface area contributed by atoms with Gasteiger partial charge in [-0.15, -0.1) is 0 Å². The second kappa shape index (κ2) is 5.46. The predicted molar refractivity (Wildman–Crippen MR) is 77.2 cm³/mol. The highest BCUT2D eigenvalue weighted by molar-refractivity contribution is 5.88. The summed E-state index contributed by atoms with van der Waals surface area (Å²) < 4.78 is 7.51. The van der Waals surface area contributed by atoms with Crippen LogP contribution in [0.1, 0.15) is 6.92 Å². The molecule has 0 radical (unpaired) electrons. The summed E-state index contributed by atoms with van der Waals surface area (Å²) >= 11 is 0. The average molecular weight is 278 g/mol. The number of fused-ring (bicyclic) bond motifs is 1. The normalized spacial score (nSPS) is 12.6. The Hall–Kier alpha value is -2.15. The monoisotopic (exact) mass is 278 g/mol. The number of methoxy groups -OCH3 is 1. The molecular formula is C13H18N4O3. The number of aryl methyl sites for hydroxylation is 1. The van der Waals surface area contributed by atoms with E-state index in [4.69, 9.17) is 4.74 Å². The molecule has 2 aromatic rings. The van der Waals surface area contributed by atoms with E-state index in [9.17, 15) is 9.59 Å². The first-order valence-corrected chi connectivity index (χ1v) is 6.27. The summed E-state index contributed by atoms with van der Waals surface area (Å²) in [5.74, 6) is 0. The fourth-order valence-electron chi connectivity index (χ4n) is 2.16. The Balaban J connectivity index is 2.69. The number of anilines is 1. The van der Waals surface area contributed by atoms with E-state index in [0.717, 1.165) is 4.57 Å². The van der Waals surface area contributed by atoms with E-state index >= 15 is 0 Å². The van der Waals surface area contributed by atoms with Crippen LogP contribution in [0.5, 0.6) is 0 Å². The minimum Gasteiger partial charge on any atom is -0.383 e. The maximum Gasteiger partial charge on any atom is 0.332 e. The lowest BCUT2D eigenvalue weighted by Crippen LogP contribution is -2.37. The molecule has 0 aromatic carbocycles. The molecule has 1 N–H and O–H groups in total. The van der Waals surface area contributed by atoms with E-state index in [2.05, 4.69) is 10.3 Å². The van der Waals surface area contributed by atoms with Gasteiger partial charge in [-0.25, -0.2) is 9.78 Å². The minimum atomic E-state index is -0.392. The van der Waals surface area contributed by atoms with Gasteiger partial charge in [0, 0.05) is 33.4 Å². The molecule has 0 saturated carbocycles. The zero-order chi connectivity index (χ0) is 14.9. The number of nitrogens with zero attached hydrogens (tertiary/aromatic N) is 3. The highest BCUT2D eigenvalue weighted by atomic mass is 16.5. The van der Waals surface area contributed by atoms with Gasteiger partial charge >= 0.3 is 5.69 Å². The molecule has 2 rings (SSSR count). The molecule has 0 unspecified atom stereocenters. The fourth-order valence-corrected chi connectivity index (χ4v) is 2.16. The Morgan fingerprint density at radius 1 is 1.35 bits per heavy atom. The van der Waals surface area contributed by atoms with Crippen molar-refractivity contribution in [1.29, 1.82) is 0 Å². The smallest absolute Gasteiger partial charge is 0.332 e. The van der Waals surface area contributed by atoms with E-state index in [0.29, 0.717) is 23.3 Å². The van der Waals surface area contributed by atoms with E-state index < -0.39 is 5.69 Å². The van der Waals surface area contributed by atoms with Crippen molar-refractivity contribution in [2.24, 2.45) is 14.1 Å². The van der Waals surface area contributed by atoms with Crippen LogP contribution in [0.25, 0.3) is 11.0 Å². The zero-order valence-corrected chi connectivity index (χ0v) is 12.0. The third-order valence-electron chi connectivity index (χ3n) is 3.16. The Morgan fingerprint density at radius 3 is 2.70 bits per heavy atom. The second-order valence-electron chi connectivity index (χ2n) is 4.76. The molecule has 1 atom stereocenters. The molecule has 2 aromatic heterocycles. The number of ether oxygens (including phenoxy) is 1. The number of hydrogen-bond acceptors (Lipinski definition) is 5. The van der Waals surface area contributed by atoms with Crippen LogP contribution in [0.4, 0.5) is 5.69 Å². The molecule has 7 nitrogen and oxygen atoms in total. The van der Waals surface area contributed by atoms with Crippen LogP contribution in [-0.2, 0) is 18.8 Å². The SMILES string of the molecule is COC[C@@H](C)Nc1ccnc2c1c(=O)n(C)c(=O)n2C. The molecule has 2 heterocycles. The van der Waals surface area contributed by atoms with Crippen molar-refractivity contribution in [2.75, 3.05) is 19.0 Å². The second-order valence-corrected chi connectivity index (χ2v) is 4.76. The maximum absolute atomic E-state index is 12.3. The van der Waals surface area contributed by atoms with Gasteiger partial charge in [0.2, 0.25) is 0 Å². The van der Waals surface area contributed by atoms with Gasteiger partial charge in [0.1, 0.15) is 5.39 Å². The Bertz CT molecular complexity index is 748. The highest BCUT2D eigenvalue weighted by Crippen LogP contribution is 2.17. The van der Waals surface area contributed by atoms with E-state index in [1.807, 2.05) is 6.92 Å². The van der Waals surface area contributed by atoms with E-state index in [1.165, 1.54) is 11.6 Å². The molecule has 0 aliphatic carbocycles. The molecule has 0 fully saturated rings. The van der Waals surface area contributed by atoms with Crippen molar-refractivity contribution in [1.82, 2.24) is 14.1 Å². The van der Waals surface area contributed by atoms with E-state index in [-0.39, 0.29) is 11.6 Å². The van der Waals surface area contributed by atoms with Crippen molar-refractivity contribution in [3.05, 3.63) is 33.1 Å². The third-order valence-corrected chi connectivity index (χ3v) is 3.16. The molecule has 0 amide bonds. The molecule has 0 spiro atoms. The van der Waals surface area contributed by atoms with Gasteiger partial charge in [-0.05, 0) is 13.0 Å². The van der Waals surface area contributed by atoms with Gasteiger partial charge in [0.05, 0.1) is 12.3 Å². The molecule has 108 valence electrons. The van der Waals surface area contributed by atoms with E-state index in [1.54, 1.807) is 26.4 Å². The number of rotatable bonds is 4. The fraction of sp³-hybridized carbons (Fsp3) is 0.462. The Morgan fingerprint density at radius 2 is 2.05 bits per heavy atom. The van der Waals surface area contributed by atoms with Crippen molar-refractivity contribution in [3.63, 3.8) is 0 Å². The maximum atomic E-state index is 12.3. The molecule has 0 aliphatic heterocycles. The Labute approximate surface area is 115 Å². The molecule has 20 heavy (non-hydrogen) atoms. The minimum absolute atomic E-state index is 0.0348. The van der Waals surface area contributed by atoms with Gasteiger partial charge < -0.3 is 10.1 Å². The van der Waals surface area contributed by atoms with Gasteiger partial charge in [0.25, 0.3) is 5.56 Å². The predicted octanol–water partition coefficient (Wildman–Crippen LogP) is 0.0790. The van der Waals surface area contributed by atoms with Crippen LogP contribution < -0.4 is 16.6 Å². The summed E-state index contributed by atoms with van der Waals surface area (Å²) in [7, 11) is 4.67. The Kier molecular flexibility index (Phi) is 3.89. The standard InChI is InChI=1S/C13H18N4O3/c1-8(7-20-4)15-9-5-6-14-11-10(9)12(18)17(3)13(19)16(11)2/h5-6,8H,7H2,1-4H3,(H,14,15)/t8-/m1/s1. The number of hydrogen-bond donors (Lipinski definition) is 1. The van der Waals surface area contributed by atoms with Crippen LogP contribution in [0.3, 0.4) is 0 Å². The van der Waals surface area contributed by atoms with Crippen LogP contribution in [-0.4, -0.2) is 33.9 Å². The van der Waals surface area contributed by atoms with Crippen molar-refractivity contribution in [3.8, 4) is 0 Å². The number of pyridine rings is 1. The first-order chi connectivity index (χ1) is 9.47. The van der Waals surface area contributed by atoms with Gasteiger partial charge in [-0.1, -0.05) is 0 Å². The van der Waals surface area contributed by atoms with Gasteiger partial charge in [-0.2, -0.15) is 0 Å². The summed E-state index contributed by atoms with van der Waals surface area (Å²) in [5.41, 5.74) is 0.267. The van der Waals surface area contributed by atoms with Crippen LogP contribution >= 0.6 is 0 Å². The van der Waals surface area contributed by atoms with Gasteiger partial charge in [0.15, 0.2) is 5.65 Å². The largest absolute Gasteiger partial charge is 0.383 e. The topological polar surface area (TPSA) is 78.2 Å². The van der Waals surface area contributed by atoms with Crippen molar-refractivity contribution >= 4 is 16.7 Å². The number of aromatic nitrogens is 3. The zero-order valence-electron chi connectivity index (χ0n) is 12.0. The molecular weight excluding hydrogens is 260 g/mol. The summed E-state index contributed by atoms with van der Waals surface area (Å²) in [6, 6.07) is 1.76. The lowest BCUT2D eigenvalue weighted by Gasteiger charge is -2.16. The lowest BCUT2D eigenvalue weighted by molar-refractivity contribution is 0.190. The van der Waals surface area contributed by atoms with Crippen molar-refractivity contribution < 1.29 is 4.74 Å². The lowest BCUT2D eigenvalue weighted by atomic mass is 10.2. The molecule has 0 saturated heterocycles. The quantitative estimate of drug-likeness (QED) is 0.857. The van der Waals surface area contributed by atoms with Crippen LogP contribution in [0.15, 0.2) is 21.9 Å². The van der Waals surface area contributed by atoms with Crippen LogP contribution in [0.2, 0.25) is 0 Å². The van der Waals surface area contributed by atoms with Gasteiger partial charge in [-0.3, -0.25) is 13.9 Å². The summed E-state index contributed by atoms with van der Waals surface area (Å²) in [4.78, 5) is 28.3. The molecule has 7 heteroatoms.